The quantitative estimate of drug-likeness (QED) is 0.911. The van der Waals surface area contributed by atoms with Crippen molar-refractivity contribution in [3.8, 4) is 11.5 Å². The van der Waals surface area contributed by atoms with Gasteiger partial charge in [-0.1, -0.05) is 23.7 Å². The minimum atomic E-state index is 0.401. The van der Waals surface area contributed by atoms with E-state index in [0.29, 0.717) is 18.2 Å². The number of halogens is 1. The van der Waals surface area contributed by atoms with E-state index in [4.69, 9.17) is 26.8 Å². The van der Waals surface area contributed by atoms with Crippen LogP contribution in [0.25, 0.3) is 0 Å². The Morgan fingerprint density at radius 2 is 2.00 bits per heavy atom. The zero-order valence-corrected chi connectivity index (χ0v) is 11.5. The van der Waals surface area contributed by atoms with Crippen LogP contribution in [0, 0.1) is 0 Å². The molecule has 0 amide bonds. The molecule has 0 saturated carbocycles. The predicted molar refractivity (Wildman–Crippen MR) is 76.7 cm³/mol. The summed E-state index contributed by atoms with van der Waals surface area (Å²) >= 11 is 5.98. The molecule has 0 fully saturated rings. The van der Waals surface area contributed by atoms with Crippen molar-refractivity contribution in [1.82, 2.24) is 0 Å². The Morgan fingerprint density at radius 1 is 1.16 bits per heavy atom. The average Bonchev–Trinajstić information content (AvgIpc) is 2.45. The molecule has 2 aromatic rings. The summed E-state index contributed by atoms with van der Waals surface area (Å²) in [6.07, 6.45) is 0. The first-order valence-electron chi connectivity index (χ1n) is 5.97. The van der Waals surface area contributed by atoms with Crippen LogP contribution in [-0.4, -0.2) is 7.11 Å². The second-order valence-electron chi connectivity index (χ2n) is 4.10. The summed E-state index contributed by atoms with van der Waals surface area (Å²) in [5.41, 5.74) is 7.55. The number of ether oxygens (including phenoxy) is 2. The molecule has 2 aromatic carbocycles. The number of hydrogen-bond donors (Lipinski definition) is 1. The number of rotatable bonds is 5. The Hall–Kier alpha value is -1.71. The number of methoxy groups -OCH3 is 1. The van der Waals surface area contributed by atoms with E-state index in [1.54, 1.807) is 13.2 Å². The second-order valence-corrected chi connectivity index (χ2v) is 4.53. The molecule has 0 unspecified atom stereocenters. The van der Waals surface area contributed by atoms with Gasteiger partial charge in [-0.3, -0.25) is 0 Å². The highest BCUT2D eigenvalue weighted by Gasteiger charge is 2.05. The largest absolute Gasteiger partial charge is 0.496 e. The summed E-state index contributed by atoms with van der Waals surface area (Å²) in [5, 5.41) is 0.662. The number of nitrogens with two attached hydrogens (primary N) is 1. The molecule has 0 aliphatic heterocycles. The average molecular weight is 278 g/mol. The number of hydrogen-bond acceptors (Lipinski definition) is 3. The van der Waals surface area contributed by atoms with Crippen LogP contribution < -0.4 is 15.2 Å². The van der Waals surface area contributed by atoms with E-state index < -0.39 is 0 Å². The first kappa shape index (κ1) is 13.7. The van der Waals surface area contributed by atoms with Gasteiger partial charge in [0, 0.05) is 17.1 Å². The lowest BCUT2D eigenvalue weighted by molar-refractivity contribution is 0.296. The van der Waals surface area contributed by atoms with Gasteiger partial charge in [0.2, 0.25) is 0 Å². The van der Waals surface area contributed by atoms with E-state index in [9.17, 15) is 0 Å². The van der Waals surface area contributed by atoms with E-state index in [1.807, 2.05) is 36.4 Å². The van der Waals surface area contributed by atoms with Gasteiger partial charge in [0.1, 0.15) is 18.1 Å². The zero-order valence-electron chi connectivity index (χ0n) is 10.7. The smallest absolute Gasteiger partial charge is 0.125 e. The molecule has 0 saturated heterocycles. The molecule has 2 rings (SSSR count). The van der Waals surface area contributed by atoms with Crippen LogP contribution in [0.4, 0.5) is 0 Å². The molecule has 0 atom stereocenters. The normalized spacial score (nSPS) is 10.3. The fraction of sp³-hybridized carbons (Fsp3) is 0.200. The summed E-state index contributed by atoms with van der Waals surface area (Å²) in [4.78, 5) is 0. The van der Waals surface area contributed by atoms with Crippen molar-refractivity contribution < 1.29 is 9.47 Å². The molecule has 4 heteroatoms. The van der Waals surface area contributed by atoms with E-state index in [2.05, 4.69) is 0 Å². The van der Waals surface area contributed by atoms with E-state index >= 15 is 0 Å². The van der Waals surface area contributed by atoms with Gasteiger partial charge >= 0.3 is 0 Å². The van der Waals surface area contributed by atoms with E-state index in [1.165, 1.54) is 0 Å². The second kappa shape index (κ2) is 6.45. The van der Waals surface area contributed by atoms with Crippen molar-refractivity contribution in [2.45, 2.75) is 13.2 Å². The highest BCUT2D eigenvalue weighted by molar-refractivity contribution is 6.30. The van der Waals surface area contributed by atoms with Gasteiger partial charge in [0.05, 0.1) is 7.11 Å². The summed E-state index contributed by atoms with van der Waals surface area (Å²) in [7, 11) is 1.63. The van der Waals surface area contributed by atoms with Gasteiger partial charge in [0.15, 0.2) is 0 Å². The van der Waals surface area contributed by atoms with Crippen molar-refractivity contribution in [3.63, 3.8) is 0 Å². The molecule has 0 spiro atoms. The van der Waals surface area contributed by atoms with Crippen LogP contribution in [0.2, 0.25) is 5.02 Å². The molecule has 0 heterocycles. The highest BCUT2D eigenvalue weighted by atomic mass is 35.5. The molecular formula is C15H16ClNO2. The molecule has 0 aliphatic rings. The molecule has 0 aromatic heterocycles. The third kappa shape index (κ3) is 3.63. The first-order valence-corrected chi connectivity index (χ1v) is 6.35. The molecule has 19 heavy (non-hydrogen) atoms. The summed E-state index contributed by atoms with van der Waals surface area (Å²) in [5.74, 6) is 1.55. The Balaban J connectivity index is 2.11. The Bertz CT molecular complexity index is 558. The SMILES string of the molecule is COc1ccc(Cl)cc1COc1cccc(CN)c1. The summed E-state index contributed by atoms with van der Waals surface area (Å²) in [6.45, 7) is 0.898. The van der Waals surface area contributed by atoms with Crippen molar-refractivity contribution >= 4 is 11.6 Å². The lowest BCUT2D eigenvalue weighted by Crippen LogP contribution is -2.00. The predicted octanol–water partition coefficient (Wildman–Crippen LogP) is 3.39. The van der Waals surface area contributed by atoms with Crippen molar-refractivity contribution in [1.29, 1.82) is 0 Å². The third-order valence-electron chi connectivity index (χ3n) is 2.77. The van der Waals surface area contributed by atoms with Crippen LogP contribution in [0.5, 0.6) is 11.5 Å². The molecule has 3 nitrogen and oxygen atoms in total. The molecule has 0 bridgehead atoms. The van der Waals surface area contributed by atoms with Crippen LogP contribution in [0.3, 0.4) is 0 Å². The third-order valence-corrected chi connectivity index (χ3v) is 3.01. The van der Waals surface area contributed by atoms with Crippen molar-refractivity contribution in [2.24, 2.45) is 5.73 Å². The fourth-order valence-electron chi connectivity index (χ4n) is 1.78. The summed E-state index contributed by atoms with van der Waals surface area (Å²) < 4.78 is 11.0. The minimum Gasteiger partial charge on any atom is -0.496 e. The standard InChI is InChI=1S/C15H16ClNO2/c1-18-15-6-5-13(16)8-12(15)10-19-14-4-2-3-11(7-14)9-17/h2-8H,9-10,17H2,1H3. The molecule has 0 aliphatic carbocycles. The zero-order chi connectivity index (χ0) is 13.7. The monoisotopic (exact) mass is 277 g/mol. The molecule has 0 radical (unpaired) electrons. The topological polar surface area (TPSA) is 44.5 Å². The maximum Gasteiger partial charge on any atom is 0.125 e. The van der Waals surface area contributed by atoms with Gasteiger partial charge < -0.3 is 15.2 Å². The van der Waals surface area contributed by atoms with Gasteiger partial charge in [-0.05, 0) is 35.9 Å². The van der Waals surface area contributed by atoms with Crippen LogP contribution in [-0.2, 0) is 13.2 Å². The van der Waals surface area contributed by atoms with Crippen molar-refractivity contribution in [3.05, 3.63) is 58.6 Å². The minimum absolute atomic E-state index is 0.401. The van der Waals surface area contributed by atoms with Crippen LogP contribution >= 0.6 is 11.6 Å². The van der Waals surface area contributed by atoms with Gasteiger partial charge in [-0.2, -0.15) is 0 Å². The number of benzene rings is 2. The van der Waals surface area contributed by atoms with Gasteiger partial charge in [-0.15, -0.1) is 0 Å². The van der Waals surface area contributed by atoms with Crippen LogP contribution in [0.15, 0.2) is 42.5 Å². The Kier molecular flexibility index (Phi) is 4.66. The first-order chi connectivity index (χ1) is 9.22. The van der Waals surface area contributed by atoms with Crippen LogP contribution in [0.1, 0.15) is 11.1 Å². The molecule has 2 N–H and O–H groups in total. The molecular weight excluding hydrogens is 262 g/mol. The van der Waals surface area contributed by atoms with Gasteiger partial charge in [-0.25, -0.2) is 0 Å². The maximum absolute atomic E-state index is 5.98. The maximum atomic E-state index is 5.98. The fourth-order valence-corrected chi connectivity index (χ4v) is 1.98. The van der Waals surface area contributed by atoms with Crippen molar-refractivity contribution in [2.75, 3.05) is 7.11 Å². The Morgan fingerprint density at radius 3 is 2.74 bits per heavy atom. The lowest BCUT2D eigenvalue weighted by atomic mass is 10.2. The lowest BCUT2D eigenvalue weighted by Gasteiger charge is -2.11. The van der Waals surface area contributed by atoms with Gasteiger partial charge in [0.25, 0.3) is 0 Å². The summed E-state index contributed by atoms with van der Waals surface area (Å²) in [6, 6.07) is 13.2. The van der Waals surface area contributed by atoms with E-state index in [-0.39, 0.29) is 0 Å². The van der Waals surface area contributed by atoms with E-state index in [0.717, 1.165) is 22.6 Å². The highest BCUT2D eigenvalue weighted by Crippen LogP contribution is 2.24. The molecule has 100 valence electrons. The Labute approximate surface area is 117 Å².